The maximum absolute atomic E-state index is 12.8. The topological polar surface area (TPSA) is 82.1 Å². The van der Waals surface area contributed by atoms with Crippen molar-refractivity contribution in [2.75, 3.05) is 13.7 Å². The van der Waals surface area contributed by atoms with Crippen LogP contribution in [0.25, 0.3) is 5.70 Å². The standard InChI is InChI=1S/C26H20NO6/c1-31-25(29)20-12-14-21(15-13-20)33-24(28)16-22(18-8-4-2-5-9-18)27-23(17-32-26(27)30)19-10-6-3-7-11-19/h2-15,23H,17H2,1H3/t23-/m0/s1. The lowest BCUT2D eigenvalue weighted by Crippen LogP contribution is -2.27. The Morgan fingerprint density at radius 1 is 0.909 bits per heavy atom. The molecule has 1 saturated heterocycles. The van der Waals surface area contributed by atoms with Gasteiger partial charge in [0.15, 0.2) is 0 Å². The van der Waals surface area contributed by atoms with Crippen LogP contribution in [-0.4, -0.2) is 36.6 Å². The summed E-state index contributed by atoms with van der Waals surface area (Å²) in [5.41, 5.74) is 2.04. The molecule has 165 valence electrons. The molecule has 0 saturated carbocycles. The number of amides is 1. The van der Waals surface area contributed by atoms with Gasteiger partial charge in [-0.25, -0.2) is 14.4 Å². The number of methoxy groups -OCH3 is 1. The van der Waals surface area contributed by atoms with Gasteiger partial charge >= 0.3 is 18.0 Å². The van der Waals surface area contributed by atoms with E-state index in [2.05, 4.69) is 10.8 Å². The van der Waals surface area contributed by atoms with Gasteiger partial charge in [-0.3, -0.25) is 4.90 Å². The van der Waals surface area contributed by atoms with Crippen molar-refractivity contribution in [1.82, 2.24) is 4.90 Å². The first-order valence-corrected chi connectivity index (χ1v) is 10.2. The van der Waals surface area contributed by atoms with Crippen LogP contribution in [0.15, 0.2) is 84.9 Å². The van der Waals surface area contributed by atoms with E-state index in [1.807, 2.05) is 36.4 Å². The molecule has 4 rings (SSSR count). The van der Waals surface area contributed by atoms with Crippen LogP contribution in [0.4, 0.5) is 4.79 Å². The van der Waals surface area contributed by atoms with Gasteiger partial charge in [0.1, 0.15) is 18.4 Å². The molecule has 1 amide bonds. The van der Waals surface area contributed by atoms with Gasteiger partial charge in [0.25, 0.3) is 0 Å². The van der Waals surface area contributed by atoms with Crippen LogP contribution in [0, 0.1) is 6.08 Å². The third-order valence-corrected chi connectivity index (χ3v) is 5.05. The number of cyclic esters (lactones) is 1. The van der Waals surface area contributed by atoms with E-state index in [4.69, 9.17) is 9.47 Å². The van der Waals surface area contributed by atoms with Crippen LogP contribution in [0.1, 0.15) is 27.5 Å². The summed E-state index contributed by atoms with van der Waals surface area (Å²) in [6.07, 6.45) is 2.11. The van der Waals surface area contributed by atoms with Crippen molar-refractivity contribution < 1.29 is 28.6 Å². The summed E-state index contributed by atoms with van der Waals surface area (Å²) in [5, 5.41) is 0. The minimum Gasteiger partial charge on any atom is -0.465 e. The Labute approximate surface area is 190 Å². The third kappa shape index (κ3) is 4.93. The zero-order chi connectivity index (χ0) is 23.2. The summed E-state index contributed by atoms with van der Waals surface area (Å²) < 4.78 is 15.3. The number of benzene rings is 3. The highest BCUT2D eigenvalue weighted by Crippen LogP contribution is 2.35. The van der Waals surface area contributed by atoms with E-state index in [-0.39, 0.29) is 18.1 Å². The predicted octanol–water partition coefficient (Wildman–Crippen LogP) is 4.42. The Kier molecular flexibility index (Phi) is 6.50. The zero-order valence-corrected chi connectivity index (χ0v) is 17.8. The lowest BCUT2D eigenvalue weighted by atomic mass is 10.0. The monoisotopic (exact) mass is 442 g/mol. The van der Waals surface area contributed by atoms with Crippen molar-refractivity contribution in [3.05, 3.63) is 108 Å². The van der Waals surface area contributed by atoms with Crippen LogP contribution in [0.2, 0.25) is 0 Å². The molecule has 33 heavy (non-hydrogen) atoms. The van der Waals surface area contributed by atoms with Crippen molar-refractivity contribution >= 4 is 23.7 Å². The van der Waals surface area contributed by atoms with Crippen LogP contribution in [0.5, 0.6) is 5.75 Å². The Morgan fingerprint density at radius 3 is 2.18 bits per heavy atom. The van der Waals surface area contributed by atoms with Crippen molar-refractivity contribution in [3.8, 4) is 5.75 Å². The number of hydrogen-bond acceptors (Lipinski definition) is 6. The molecule has 1 radical (unpaired) electrons. The molecule has 0 aliphatic carbocycles. The maximum Gasteiger partial charge on any atom is 0.415 e. The Morgan fingerprint density at radius 2 is 1.55 bits per heavy atom. The largest absolute Gasteiger partial charge is 0.465 e. The molecule has 0 aromatic heterocycles. The van der Waals surface area contributed by atoms with Gasteiger partial charge in [0, 0.05) is 0 Å². The Bertz CT molecular complexity index is 1170. The molecule has 0 N–H and O–H groups in total. The predicted molar refractivity (Wildman–Crippen MR) is 119 cm³/mol. The molecular weight excluding hydrogens is 422 g/mol. The highest BCUT2D eigenvalue weighted by molar-refractivity contribution is 5.93. The summed E-state index contributed by atoms with van der Waals surface area (Å²) in [6.45, 7) is 0.144. The van der Waals surface area contributed by atoms with Gasteiger partial charge in [-0.1, -0.05) is 60.7 Å². The Hall–Kier alpha value is -4.39. The number of esters is 2. The van der Waals surface area contributed by atoms with Crippen LogP contribution in [-0.2, 0) is 14.3 Å². The van der Waals surface area contributed by atoms with Crippen molar-refractivity contribution in [3.63, 3.8) is 0 Å². The molecule has 1 atom stereocenters. The number of carbonyl (C=O) groups excluding carboxylic acids is 3. The van der Waals surface area contributed by atoms with E-state index < -0.39 is 24.1 Å². The fourth-order valence-electron chi connectivity index (χ4n) is 3.46. The molecule has 3 aromatic carbocycles. The second-order valence-corrected chi connectivity index (χ2v) is 7.12. The zero-order valence-electron chi connectivity index (χ0n) is 17.8. The molecule has 1 aliphatic rings. The number of ether oxygens (including phenoxy) is 3. The van der Waals surface area contributed by atoms with E-state index in [9.17, 15) is 14.4 Å². The second-order valence-electron chi connectivity index (χ2n) is 7.12. The first kappa shape index (κ1) is 21.8. The van der Waals surface area contributed by atoms with Crippen molar-refractivity contribution in [2.45, 2.75) is 6.04 Å². The minimum atomic E-state index is -0.800. The summed E-state index contributed by atoms with van der Waals surface area (Å²) in [4.78, 5) is 38.4. The normalized spacial score (nSPS) is 15.7. The van der Waals surface area contributed by atoms with Gasteiger partial charge in [0.2, 0.25) is 0 Å². The third-order valence-electron chi connectivity index (χ3n) is 5.05. The summed E-state index contributed by atoms with van der Waals surface area (Å²) in [6, 6.07) is 23.9. The van der Waals surface area contributed by atoms with Gasteiger partial charge in [-0.2, -0.15) is 0 Å². The van der Waals surface area contributed by atoms with E-state index >= 15 is 0 Å². The fourth-order valence-corrected chi connectivity index (χ4v) is 3.46. The van der Waals surface area contributed by atoms with E-state index in [0.29, 0.717) is 11.1 Å². The fraction of sp³-hybridized carbons (Fsp3) is 0.115. The average Bonchev–Trinajstić information content (AvgIpc) is 3.24. The van der Waals surface area contributed by atoms with Gasteiger partial charge in [-0.15, -0.1) is 0 Å². The smallest absolute Gasteiger partial charge is 0.415 e. The van der Waals surface area contributed by atoms with Gasteiger partial charge in [-0.05, 0) is 35.4 Å². The summed E-state index contributed by atoms with van der Waals surface area (Å²) in [5.74, 6) is -1.08. The number of carbonyl (C=O) groups is 3. The van der Waals surface area contributed by atoms with Gasteiger partial charge in [0.05, 0.1) is 24.4 Å². The van der Waals surface area contributed by atoms with Crippen LogP contribution < -0.4 is 4.74 Å². The molecule has 7 heteroatoms. The quantitative estimate of drug-likeness (QED) is 0.319. The van der Waals surface area contributed by atoms with Gasteiger partial charge < -0.3 is 14.2 Å². The maximum atomic E-state index is 12.8. The van der Waals surface area contributed by atoms with Crippen molar-refractivity contribution in [1.29, 1.82) is 0 Å². The SMILES string of the molecule is COC(=O)c1ccc(OC(=O)[C]=C(c2ccccc2)N2C(=O)OC[C@H]2c2ccccc2)cc1. The molecule has 0 bridgehead atoms. The molecule has 1 heterocycles. The molecule has 0 unspecified atom stereocenters. The van der Waals surface area contributed by atoms with Crippen LogP contribution >= 0.6 is 0 Å². The van der Waals surface area contributed by atoms with Crippen molar-refractivity contribution in [2.24, 2.45) is 0 Å². The lowest BCUT2D eigenvalue weighted by molar-refractivity contribution is -0.129. The van der Waals surface area contributed by atoms with E-state index in [0.717, 1.165) is 5.56 Å². The second kappa shape index (κ2) is 9.82. The Balaban J connectivity index is 1.65. The minimum absolute atomic E-state index is 0.144. The van der Waals surface area contributed by atoms with E-state index in [1.54, 1.807) is 24.3 Å². The molecule has 0 spiro atoms. The first-order chi connectivity index (χ1) is 16.1. The number of rotatable bonds is 6. The molecule has 1 fully saturated rings. The summed E-state index contributed by atoms with van der Waals surface area (Å²) >= 11 is 0. The highest BCUT2D eigenvalue weighted by atomic mass is 16.6. The molecule has 7 nitrogen and oxygen atoms in total. The van der Waals surface area contributed by atoms with Crippen LogP contribution in [0.3, 0.4) is 0 Å². The molecule has 1 aliphatic heterocycles. The number of hydrogen-bond donors (Lipinski definition) is 0. The van der Waals surface area contributed by atoms with E-state index in [1.165, 1.54) is 36.3 Å². The average molecular weight is 442 g/mol. The lowest BCUT2D eigenvalue weighted by Gasteiger charge is -2.24. The molecular formula is C26H20NO6. The molecule has 3 aromatic rings. The summed E-state index contributed by atoms with van der Waals surface area (Å²) in [7, 11) is 1.28. The number of nitrogens with zero attached hydrogens (tertiary/aromatic N) is 1. The first-order valence-electron chi connectivity index (χ1n) is 10.2. The highest BCUT2D eigenvalue weighted by Gasteiger charge is 2.37.